The topological polar surface area (TPSA) is 67.7 Å². The molecule has 7 heteroatoms. The lowest BCUT2D eigenvalue weighted by atomic mass is 10.1. The van der Waals surface area contributed by atoms with Crippen molar-refractivity contribution >= 4 is 16.8 Å². The van der Waals surface area contributed by atoms with Gasteiger partial charge < -0.3 is 14.5 Å². The van der Waals surface area contributed by atoms with Crippen molar-refractivity contribution in [3.8, 4) is 11.4 Å². The fourth-order valence-electron chi connectivity index (χ4n) is 4.26. The number of ether oxygens (including phenoxy) is 1. The van der Waals surface area contributed by atoms with Crippen LogP contribution in [0.5, 0.6) is 5.75 Å². The molecule has 0 N–H and O–H groups in total. The summed E-state index contributed by atoms with van der Waals surface area (Å²) in [5.74, 6) is 1.25. The van der Waals surface area contributed by atoms with Gasteiger partial charge in [-0.3, -0.25) is 14.2 Å². The number of methoxy groups -OCH3 is 1. The number of aromatic nitrogens is 2. The number of para-hydroxylation sites is 2. The van der Waals surface area contributed by atoms with E-state index in [2.05, 4.69) is 0 Å². The first-order valence-corrected chi connectivity index (χ1v) is 12.0. The zero-order chi connectivity index (χ0) is 25.7. The zero-order valence-electron chi connectivity index (χ0n) is 21.2. The Bertz CT molecular complexity index is 1380. The number of carbonyl (C=O) groups is 1. The van der Waals surface area contributed by atoms with Crippen LogP contribution in [0.4, 0.5) is 0 Å². The molecule has 4 aromatic rings. The normalized spacial score (nSPS) is 12.0. The Morgan fingerprint density at radius 1 is 0.944 bits per heavy atom. The summed E-state index contributed by atoms with van der Waals surface area (Å²) < 4.78 is 6.88. The molecule has 0 aliphatic rings. The molecule has 3 aromatic carbocycles. The van der Waals surface area contributed by atoms with Gasteiger partial charge in [0.25, 0.3) is 5.56 Å². The lowest BCUT2D eigenvalue weighted by Gasteiger charge is -2.31. The van der Waals surface area contributed by atoms with E-state index >= 15 is 0 Å². The summed E-state index contributed by atoms with van der Waals surface area (Å²) in [6.45, 7) is 3.13. The molecule has 1 aromatic heterocycles. The molecule has 1 unspecified atom stereocenters. The Hall–Kier alpha value is -3.97. The number of nitrogens with zero attached hydrogens (tertiary/aromatic N) is 4. The largest absolute Gasteiger partial charge is 0.497 e. The minimum atomic E-state index is -0.437. The number of amides is 1. The molecule has 0 aliphatic carbocycles. The highest BCUT2D eigenvalue weighted by Gasteiger charge is 2.27. The maximum atomic E-state index is 13.7. The number of rotatable bonds is 9. The molecule has 0 spiro atoms. The molecule has 186 valence electrons. The Morgan fingerprint density at radius 2 is 1.61 bits per heavy atom. The molecule has 1 amide bonds. The van der Waals surface area contributed by atoms with E-state index < -0.39 is 6.04 Å². The van der Waals surface area contributed by atoms with Crippen LogP contribution >= 0.6 is 0 Å². The summed E-state index contributed by atoms with van der Waals surface area (Å²) in [6.07, 6.45) is 0.241. The Kier molecular flexibility index (Phi) is 7.80. The summed E-state index contributed by atoms with van der Waals surface area (Å²) in [4.78, 5) is 36.1. The van der Waals surface area contributed by atoms with Crippen LogP contribution in [0, 0.1) is 0 Å². The van der Waals surface area contributed by atoms with Gasteiger partial charge >= 0.3 is 0 Å². The summed E-state index contributed by atoms with van der Waals surface area (Å²) in [5, 5.41) is 0.543. The van der Waals surface area contributed by atoms with E-state index in [4.69, 9.17) is 9.72 Å². The van der Waals surface area contributed by atoms with Gasteiger partial charge in [-0.2, -0.15) is 0 Å². The minimum Gasteiger partial charge on any atom is -0.497 e. The second-order valence-corrected chi connectivity index (χ2v) is 9.05. The quantitative estimate of drug-likeness (QED) is 0.358. The van der Waals surface area contributed by atoms with Crippen LogP contribution in [-0.4, -0.2) is 59.6 Å². The number of likely N-dealkylation sites (N-methyl/N-ethyl adjacent to an activating group) is 1. The highest BCUT2D eigenvalue weighted by atomic mass is 16.5. The molecule has 1 heterocycles. The van der Waals surface area contributed by atoms with Crippen molar-refractivity contribution in [2.75, 3.05) is 34.3 Å². The average Bonchev–Trinajstić information content (AvgIpc) is 2.89. The zero-order valence-corrected chi connectivity index (χ0v) is 21.2. The third-order valence-electron chi connectivity index (χ3n) is 6.28. The molecule has 0 saturated heterocycles. The summed E-state index contributed by atoms with van der Waals surface area (Å²) in [5.41, 5.74) is 2.09. The molecule has 0 bridgehead atoms. The molecule has 7 nitrogen and oxygen atoms in total. The second-order valence-electron chi connectivity index (χ2n) is 9.05. The van der Waals surface area contributed by atoms with Gasteiger partial charge in [-0.1, -0.05) is 42.5 Å². The van der Waals surface area contributed by atoms with Crippen molar-refractivity contribution in [1.82, 2.24) is 19.4 Å². The summed E-state index contributed by atoms with van der Waals surface area (Å²) in [7, 11) is 5.57. The highest BCUT2D eigenvalue weighted by molar-refractivity contribution is 5.80. The molecule has 0 saturated carbocycles. The van der Waals surface area contributed by atoms with Crippen molar-refractivity contribution < 1.29 is 9.53 Å². The van der Waals surface area contributed by atoms with Gasteiger partial charge in [0, 0.05) is 13.1 Å². The van der Waals surface area contributed by atoms with Crippen LogP contribution < -0.4 is 10.3 Å². The number of carbonyl (C=O) groups excluding carboxylic acids is 1. The van der Waals surface area contributed by atoms with Gasteiger partial charge in [0.2, 0.25) is 5.91 Å². The second kappa shape index (κ2) is 11.2. The first-order chi connectivity index (χ1) is 17.4. The fraction of sp³-hybridized carbons (Fsp3) is 0.276. The number of benzene rings is 3. The van der Waals surface area contributed by atoms with Crippen molar-refractivity contribution in [3.05, 3.63) is 101 Å². The Balaban J connectivity index is 1.78. The third-order valence-corrected chi connectivity index (χ3v) is 6.28. The van der Waals surface area contributed by atoms with E-state index in [1.165, 1.54) is 0 Å². The van der Waals surface area contributed by atoms with Crippen LogP contribution in [0.2, 0.25) is 0 Å². The Morgan fingerprint density at radius 3 is 2.28 bits per heavy atom. The van der Waals surface area contributed by atoms with Gasteiger partial charge in [-0.15, -0.1) is 0 Å². The molecule has 1 atom stereocenters. The minimum absolute atomic E-state index is 0.0310. The van der Waals surface area contributed by atoms with Gasteiger partial charge in [0.15, 0.2) is 0 Å². The molecular formula is C29H32N4O3. The lowest BCUT2D eigenvalue weighted by molar-refractivity contribution is -0.133. The van der Waals surface area contributed by atoms with Crippen molar-refractivity contribution in [2.24, 2.45) is 0 Å². The molecule has 0 radical (unpaired) electrons. The van der Waals surface area contributed by atoms with E-state index in [9.17, 15) is 9.59 Å². The predicted octanol–water partition coefficient (Wildman–Crippen LogP) is 4.09. The molecule has 0 aliphatic heterocycles. The van der Waals surface area contributed by atoms with Gasteiger partial charge in [-0.25, -0.2) is 4.98 Å². The smallest absolute Gasteiger partial charge is 0.266 e. The van der Waals surface area contributed by atoms with Crippen LogP contribution in [0.15, 0.2) is 83.7 Å². The van der Waals surface area contributed by atoms with Gasteiger partial charge in [0.05, 0.1) is 36.2 Å². The Labute approximate surface area is 211 Å². The first kappa shape index (κ1) is 25.1. The highest BCUT2D eigenvalue weighted by Crippen LogP contribution is 2.24. The average molecular weight is 485 g/mol. The van der Waals surface area contributed by atoms with Crippen molar-refractivity contribution in [2.45, 2.75) is 19.4 Å². The van der Waals surface area contributed by atoms with Gasteiger partial charge in [-0.05, 0) is 63.0 Å². The van der Waals surface area contributed by atoms with Crippen molar-refractivity contribution in [1.29, 1.82) is 0 Å². The molecule has 36 heavy (non-hydrogen) atoms. The number of hydrogen-bond acceptors (Lipinski definition) is 5. The monoisotopic (exact) mass is 484 g/mol. The maximum absolute atomic E-state index is 13.7. The van der Waals surface area contributed by atoms with E-state index in [1.807, 2.05) is 104 Å². The van der Waals surface area contributed by atoms with Crippen LogP contribution in [-0.2, 0) is 11.2 Å². The molecule has 4 rings (SSSR count). The third kappa shape index (κ3) is 5.47. The van der Waals surface area contributed by atoms with E-state index in [1.54, 1.807) is 17.7 Å². The van der Waals surface area contributed by atoms with Crippen LogP contribution in [0.1, 0.15) is 24.4 Å². The van der Waals surface area contributed by atoms with Crippen LogP contribution in [0.25, 0.3) is 16.6 Å². The van der Waals surface area contributed by atoms with Crippen molar-refractivity contribution in [3.63, 3.8) is 0 Å². The summed E-state index contributed by atoms with van der Waals surface area (Å²) >= 11 is 0. The van der Waals surface area contributed by atoms with E-state index in [0.717, 1.165) is 17.0 Å². The van der Waals surface area contributed by atoms with E-state index in [0.29, 0.717) is 29.8 Å². The fourth-order valence-corrected chi connectivity index (χ4v) is 4.26. The number of fused-ring (bicyclic) bond motifs is 1. The standard InChI is InChI=1S/C29H32N4O3/c1-21(32(19-18-31(2)3)27(34)20-22-14-16-24(36-4)17-15-22)28-30-26-13-9-8-12-25(26)29(35)33(28)23-10-6-5-7-11-23/h5-17,21H,18-20H2,1-4H3. The lowest BCUT2D eigenvalue weighted by Crippen LogP contribution is -2.41. The molecule has 0 fully saturated rings. The van der Waals surface area contributed by atoms with E-state index in [-0.39, 0.29) is 17.9 Å². The number of hydrogen-bond donors (Lipinski definition) is 0. The molecular weight excluding hydrogens is 452 g/mol. The maximum Gasteiger partial charge on any atom is 0.266 e. The van der Waals surface area contributed by atoms with Gasteiger partial charge in [0.1, 0.15) is 11.6 Å². The first-order valence-electron chi connectivity index (χ1n) is 12.0. The predicted molar refractivity (Wildman–Crippen MR) is 143 cm³/mol. The van der Waals surface area contributed by atoms with Crippen LogP contribution in [0.3, 0.4) is 0 Å². The summed E-state index contributed by atoms with van der Waals surface area (Å²) in [6, 6.07) is 23.9. The SMILES string of the molecule is COc1ccc(CC(=O)N(CCN(C)C)C(C)c2nc3ccccc3c(=O)n2-c2ccccc2)cc1.